The Morgan fingerprint density at radius 2 is 2.07 bits per heavy atom. The summed E-state index contributed by atoms with van der Waals surface area (Å²) in [7, 11) is 0. The molecule has 1 fully saturated rings. The SMILES string of the molecule is CCOc1nccc(C)c1C(=O)NC1CC(CNC(=O)CCc2cccnc2)C1. The average Bonchev–Trinajstić information content (AvgIpc) is 2.69. The smallest absolute Gasteiger partial charge is 0.257 e. The van der Waals surface area contributed by atoms with Gasteiger partial charge in [0, 0.05) is 37.6 Å². The molecule has 154 valence electrons. The Hall–Kier alpha value is -2.96. The van der Waals surface area contributed by atoms with Crippen molar-refractivity contribution in [2.24, 2.45) is 5.92 Å². The van der Waals surface area contributed by atoms with Crippen molar-refractivity contribution in [2.45, 2.75) is 45.6 Å². The molecule has 29 heavy (non-hydrogen) atoms. The van der Waals surface area contributed by atoms with Crippen molar-refractivity contribution in [3.63, 3.8) is 0 Å². The molecule has 0 saturated heterocycles. The molecular formula is C22H28N4O3. The van der Waals surface area contributed by atoms with Crippen molar-refractivity contribution < 1.29 is 14.3 Å². The molecule has 0 bridgehead atoms. The van der Waals surface area contributed by atoms with E-state index in [4.69, 9.17) is 4.74 Å². The quantitative estimate of drug-likeness (QED) is 0.679. The Bertz CT molecular complexity index is 835. The van der Waals surface area contributed by atoms with Crippen LogP contribution in [0, 0.1) is 12.8 Å². The van der Waals surface area contributed by atoms with E-state index in [9.17, 15) is 9.59 Å². The molecule has 7 nitrogen and oxygen atoms in total. The molecule has 3 rings (SSSR count). The van der Waals surface area contributed by atoms with Crippen LogP contribution >= 0.6 is 0 Å². The highest BCUT2D eigenvalue weighted by Crippen LogP contribution is 2.28. The average molecular weight is 396 g/mol. The van der Waals surface area contributed by atoms with Gasteiger partial charge in [0.25, 0.3) is 5.91 Å². The maximum absolute atomic E-state index is 12.7. The maximum Gasteiger partial charge on any atom is 0.257 e. The topological polar surface area (TPSA) is 93.2 Å². The largest absolute Gasteiger partial charge is 0.477 e. The van der Waals surface area contributed by atoms with Gasteiger partial charge in [0.15, 0.2) is 0 Å². The molecule has 0 atom stereocenters. The van der Waals surface area contributed by atoms with Crippen molar-refractivity contribution in [3.05, 3.63) is 53.5 Å². The lowest BCUT2D eigenvalue weighted by Crippen LogP contribution is -2.48. The number of amides is 2. The molecule has 0 radical (unpaired) electrons. The highest BCUT2D eigenvalue weighted by atomic mass is 16.5. The number of aromatic nitrogens is 2. The number of nitrogens with zero attached hydrogens (tertiary/aromatic N) is 2. The number of carbonyl (C=O) groups is 2. The number of ether oxygens (including phenoxy) is 1. The first-order valence-corrected chi connectivity index (χ1v) is 10.1. The fourth-order valence-electron chi connectivity index (χ4n) is 3.48. The number of hydrogen-bond donors (Lipinski definition) is 2. The Kier molecular flexibility index (Phi) is 7.16. The van der Waals surface area contributed by atoms with Crippen LogP contribution in [0.5, 0.6) is 5.88 Å². The van der Waals surface area contributed by atoms with Gasteiger partial charge in [0.05, 0.1) is 6.61 Å². The van der Waals surface area contributed by atoms with Gasteiger partial charge in [-0.05, 0) is 62.3 Å². The normalized spacial score (nSPS) is 17.9. The highest BCUT2D eigenvalue weighted by Gasteiger charge is 2.31. The molecule has 1 aliphatic rings. The van der Waals surface area contributed by atoms with Crippen LogP contribution in [0.3, 0.4) is 0 Å². The first-order valence-electron chi connectivity index (χ1n) is 10.1. The Balaban J connectivity index is 1.38. The number of pyridine rings is 2. The van der Waals surface area contributed by atoms with E-state index in [-0.39, 0.29) is 17.9 Å². The molecular weight excluding hydrogens is 368 g/mol. The van der Waals surface area contributed by atoms with Crippen molar-refractivity contribution >= 4 is 11.8 Å². The minimum absolute atomic E-state index is 0.0497. The highest BCUT2D eigenvalue weighted by molar-refractivity contribution is 5.98. The summed E-state index contributed by atoms with van der Waals surface area (Å²) in [6.45, 7) is 4.86. The van der Waals surface area contributed by atoms with Crippen LogP contribution in [-0.4, -0.2) is 41.0 Å². The van der Waals surface area contributed by atoms with Crippen molar-refractivity contribution in [3.8, 4) is 5.88 Å². The lowest BCUT2D eigenvalue weighted by atomic mass is 9.80. The number of rotatable bonds is 9. The van der Waals surface area contributed by atoms with Crippen LogP contribution < -0.4 is 15.4 Å². The first kappa shape index (κ1) is 20.8. The summed E-state index contributed by atoms with van der Waals surface area (Å²) in [5.74, 6) is 0.669. The van der Waals surface area contributed by atoms with Gasteiger partial charge in [-0.25, -0.2) is 4.98 Å². The predicted molar refractivity (Wildman–Crippen MR) is 110 cm³/mol. The van der Waals surface area contributed by atoms with Crippen LogP contribution in [0.2, 0.25) is 0 Å². The van der Waals surface area contributed by atoms with Gasteiger partial charge in [0.2, 0.25) is 11.8 Å². The third kappa shape index (κ3) is 5.76. The van der Waals surface area contributed by atoms with Gasteiger partial charge in [-0.15, -0.1) is 0 Å². The predicted octanol–water partition coefficient (Wildman–Crippen LogP) is 2.44. The van der Waals surface area contributed by atoms with Gasteiger partial charge < -0.3 is 15.4 Å². The van der Waals surface area contributed by atoms with E-state index >= 15 is 0 Å². The molecule has 0 unspecified atom stereocenters. The van der Waals surface area contributed by atoms with E-state index in [2.05, 4.69) is 20.6 Å². The van der Waals surface area contributed by atoms with E-state index in [1.807, 2.05) is 32.0 Å². The zero-order chi connectivity index (χ0) is 20.6. The number of nitrogens with one attached hydrogen (secondary N) is 2. The molecule has 2 heterocycles. The Labute approximate surface area is 171 Å². The van der Waals surface area contributed by atoms with E-state index in [1.165, 1.54) is 0 Å². The second-order valence-corrected chi connectivity index (χ2v) is 7.41. The number of aryl methyl sites for hydroxylation is 2. The van der Waals surface area contributed by atoms with E-state index in [0.717, 1.165) is 24.0 Å². The lowest BCUT2D eigenvalue weighted by molar-refractivity contribution is -0.121. The van der Waals surface area contributed by atoms with E-state index < -0.39 is 0 Å². The van der Waals surface area contributed by atoms with Crippen LogP contribution in [-0.2, 0) is 11.2 Å². The Morgan fingerprint density at radius 3 is 2.79 bits per heavy atom. The standard InChI is InChI=1S/C22H28N4O3/c1-3-29-22-20(15(2)8-10-24-22)21(28)26-18-11-17(12-18)14-25-19(27)7-6-16-5-4-9-23-13-16/h4-5,8-10,13,17-18H,3,6-7,11-12,14H2,1-2H3,(H,25,27)(H,26,28). The van der Waals surface area contributed by atoms with Gasteiger partial charge in [0.1, 0.15) is 5.56 Å². The van der Waals surface area contributed by atoms with Crippen LogP contribution in [0.25, 0.3) is 0 Å². The second kappa shape index (κ2) is 10.0. The van der Waals surface area contributed by atoms with Crippen LogP contribution in [0.4, 0.5) is 0 Å². The van der Waals surface area contributed by atoms with Gasteiger partial charge in [-0.3, -0.25) is 14.6 Å². The van der Waals surface area contributed by atoms with E-state index in [1.54, 1.807) is 18.6 Å². The van der Waals surface area contributed by atoms with Gasteiger partial charge >= 0.3 is 0 Å². The maximum atomic E-state index is 12.7. The fourth-order valence-corrected chi connectivity index (χ4v) is 3.48. The zero-order valence-corrected chi connectivity index (χ0v) is 17.0. The minimum atomic E-state index is -0.150. The first-order chi connectivity index (χ1) is 14.1. The molecule has 1 saturated carbocycles. The lowest BCUT2D eigenvalue weighted by Gasteiger charge is -2.36. The molecule has 2 aromatic rings. The van der Waals surface area contributed by atoms with E-state index in [0.29, 0.717) is 43.4 Å². The summed E-state index contributed by atoms with van der Waals surface area (Å²) >= 11 is 0. The molecule has 7 heteroatoms. The van der Waals surface area contributed by atoms with Crippen molar-refractivity contribution in [1.82, 2.24) is 20.6 Å². The third-order valence-corrected chi connectivity index (χ3v) is 5.16. The van der Waals surface area contributed by atoms with Gasteiger partial charge in [-0.1, -0.05) is 6.07 Å². The minimum Gasteiger partial charge on any atom is -0.477 e. The molecule has 2 N–H and O–H groups in total. The zero-order valence-electron chi connectivity index (χ0n) is 17.0. The summed E-state index contributed by atoms with van der Waals surface area (Å²) in [5, 5.41) is 6.05. The fraction of sp³-hybridized carbons (Fsp3) is 0.455. The molecule has 0 aliphatic heterocycles. The van der Waals surface area contributed by atoms with Crippen molar-refractivity contribution in [2.75, 3.05) is 13.2 Å². The second-order valence-electron chi connectivity index (χ2n) is 7.41. The Morgan fingerprint density at radius 1 is 1.24 bits per heavy atom. The number of carbonyl (C=O) groups excluding carboxylic acids is 2. The number of hydrogen-bond acceptors (Lipinski definition) is 5. The molecule has 2 amide bonds. The third-order valence-electron chi connectivity index (χ3n) is 5.16. The molecule has 0 spiro atoms. The monoisotopic (exact) mass is 396 g/mol. The summed E-state index contributed by atoms with van der Waals surface area (Å²) in [5.41, 5.74) is 2.41. The van der Waals surface area contributed by atoms with Gasteiger partial charge in [-0.2, -0.15) is 0 Å². The van der Waals surface area contributed by atoms with Crippen LogP contribution in [0.15, 0.2) is 36.8 Å². The molecule has 0 aromatic carbocycles. The summed E-state index contributed by atoms with van der Waals surface area (Å²) < 4.78 is 5.49. The molecule has 1 aliphatic carbocycles. The van der Waals surface area contributed by atoms with Crippen LogP contribution in [0.1, 0.15) is 47.7 Å². The molecule has 2 aromatic heterocycles. The summed E-state index contributed by atoms with van der Waals surface area (Å²) in [6.07, 6.45) is 8.02. The summed E-state index contributed by atoms with van der Waals surface area (Å²) in [6, 6.07) is 5.77. The summed E-state index contributed by atoms with van der Waals surface area (Å²) in [4.78, 5) is 32.9. The van der Waals surface area contributed by atoms with Crippen molar-refractivity contribution in [1.29, 1.82) is 0 Å².